The topological polar surface area (TPSA) is 171 Å². The number of carbonyl (C=O) groups excluding carboxylic acids is 3. The number of hydrogen-bond acceptors (Lipinski definition) is 9. The van der Waals surface area contributed by atoms with Gasteiger partial charge in [0.25, 0.3) is 0 Å². The number of carbonyl (C=O) groups is 4. The molecule has 184 valence electrons. The third-order valence-corrected chi connectivity index (χ3v) is 5.99. The van der Waals surface area contributed by atoms with Crippen molar-refractivity contribution >= 4 is 60.7 Å². The number of nitrogens with two attached hydrogens (primary N) is 1. The van der Waals surface area contributed by atoms with Crippen LogP contribution in [-0.4, -0.2) is 81.6 Å². The smallest absolute Gasteiger partial charge is 0.326 e. The van der Waals surface area contributed by atoms with Crippen molar-refractivity contribution in [1.82, 2.24) is 16.0 Å². The average molecular weight is 519 g/mol. The van der Waals surface area contributed by atoms with Gasteiger partial charge in [-0.25, -0.2) is 4.79 Å². The lowest BCUT2D eigenvalue weighted by Gasteiger charge is -2.24. The van der Waals surface area contributed by atoms with Crippen molar-refractivity contribution in [2.75, 3.05) is 23.5 Å². The number of aromatic hydroxyl groups is 1. The molecule has 1 aromatic rings. The fraction of sp³-hybridized carbons (Fsp3) is 0.500. The van der Waals surface area contributed by atoms with Gasteiger partial charge in [0, 0.05) is 17.9 Å². The predicted molar refractivity (Wildman–Crippen MR) is 134 cm³/mol. The summed E-state index contributed by atoms with van der Waals surface area (Å²) in [6, 6.07) is 1.70. The first-order valence-corrected chi connectivity index (χ1v) is 12.7. The van der Waals surface area contributed by atoms with Crippen molar-refractivity contribution < 1.29 is 29.4 Å². The Bertz CT molecular complexity index is 811. The maximum Gasteiger partial charge on any atom is 0.326 e. The number of phenols is 1. The molecule has 4 atom stereocenters. The first kappa shape index (κ1) is 28.9. The molecule has 13 heteroatoms. The Kier molecular flexibility index (Phi) is 13.1. The molecule has 0 heterocycles. The van der Waals surface area contributed by atoms with Crippen molar-refractivity contribution in [3.63, 3.8) is 0 Å². The van der Waals surface area contributed by atoms with E-state index in [-0.39, 0.29) is 23.7 Å². The fourth-order valence-electron chi connectivity index (χ4n) is 2.67. The van der Waals surface area contributed by atoms with Gasteiger partial charge in [0.1, 0.15) is 23.9 Å². The van der Waals surface area contributed by atoms with Crippen molar-refractivity contribution in [3.8, 4) is 5.75 Å². The largest absolute Gasteiger partial charge is 0.508 e. The molecule has 0 spiro atoms. The number of amides is 3. The molecular weight excluding hydrogens is 488 g/mol. The molecule has 0 radical (unpaired) electrons. The van der Waals surface area contributed by atoms with Gasteiger partial charge in [0.15, 0.2) is 0 Å². The molecule has 0 aliphatic heterocycles. The van der Waals surface area contributed by atoms with Gasteiger partial charge in [-0.2, -0.15) is 37.0 Å². The minimum Gasteiger partial charge on any atom is -0.508 e. The van der Waals surface area contributed by atoms with Crippen LogP contribution in [0.1, 0.15) is 12.0 Å². The maximum atomic E-state index is 12.8. The molecule has 33 heavy (non-hydrogen) atoms. The van der Waals surface area contributed by atoms with E-state index in [4.69, 9.17) is 5.73 Å². The van der Waals surface area contributed by atoms with Gasteiger partial charge in [0.2, 0.25) is 17.7 Å². The molecule has 0 saturated carbocycles. The average Bonchev–Trinajstić information content (AvgIpc) is 2.79. The lowest BCUT2D eigenvalue weighted by Crippen LogP contribution is -2.58. The molecule has 1 rings (SSSR count). The summed E-state index contributed by atoms with van der Waals surface area (Å²) in [5, 5.41) is 26.3. The summed E-state index contributed by atoms with van der Waals surface area (Å²) < 4.78 is 0. The van der Waals surface area contributed by atoms with E-state index in [2.05, 4.69) is 41.2 Å². The minimum atomic E-state index is -1.26. The van der Waals surface area contributed by atoms with Crippen LogP contribution in [0.5, 0.6) is 5.75 Å². The number of rotatable bonds is 14. The zero-order chi connectivity index (χ0) is 25.0. The molecule has 3 amide bonds. The fourth-order valence-corrected chi connectivity index (χ4v) is 3.57. The van der Waals surface area contributed by atoms with Crippen molar-refractivity contribution in [3.05, 3.63) is 29.8 Å². The second-order valence-corrected chi connectivity index (χ2v) is 8.86. The van der Waals surface area contributed by atoms with Crippen LogP contribution in [0.15, 0.2) is 24.3 Å². The quantitative estimate of drug-likeness (QED) is 0.151. The van der Waals surface area contributed by atoms with E-state index in [9.17, 15) is 29.4 Å². The molecule has 4 unspecified atom stereocenters. The summed E-state index contributed by atoms with van der Waals surface area (Å²) in [5.74, 6) is -2.53. The summed E-state index contributed by atoms with van der Waals surface area (Å²) in [7, 11) is 0. The van der Waals surface area contributed by atoms with Crippen molar-refractivity contribution in [1.29, 1.82) is 0 Å². The zero-order valence-corrected chi connectivity index (χ0v) is 20.7. The second-order valence-electron chi connectivity index (χ2n) is 7.15. The van der Waals surface area contributed by atoms with Gasteiger partial charge in [-0.15, -0.1) is 0 Å². The monoisotopic (exact) mass is 518 g/mol. The highest BCUT2D eigenvalue weighted by Gasteiger charge is 2.29. The number of thioether (sulfide) groups is 1. The number of carboxylic acids is 1. The van der Waals surface area contributed by atoms with E-state index >= 15 is 0 Å². The summed E-state index contributed by atoms with van der Waals surface area (Å²) in [6.45, 7) is 0. The van der Waals surface area contributed by atoms with Crippen LogP contribution in [0.4, 0.5) is 0 Å². The molecule has 0 aliphatic rings. The molecule has 1 aromatic carbocycles. The SMILES string of the molecule is CSCCC(NC(=O)C(N)CS)C(=O)NC(CS)C(=O)NC(Cc1ccc(O)cc1)C(=O)O. The van der Waals surface area contributed by atoms with Crippen LogP contribution in [0.3, 0.4) is 0 Å². The third-order valence-electron chi connectivity index (χ3n) is 4.58. The Morgan fingerprint density at radius 3 is 2.00 bits per heavy atom. The van der Waals surface area contributed by atoms with E-state index in [1.807, 2.05) is 6.26 Å². The van der Waals surface area contributed by atoms with Crippen LogP contribution in [0.25, 0.3) is 0 Å². The van der Waals surface area contributed by atoms with Crippen LogP contribution in [0.2, 0.25) is 0 Å². The second kappa shape index (κ2) is 14.9. The maximum absolute atomic E-state index is 12.8. The lowest BCUT2D eigenvalue weighted by atomic mass is 10.1. The molecule has 0 fully saturated rings. The Labute approximate surface area is 207 Å². The van der Waals surface area contributed by atoms with Crippen LogP contribution in [0, 0.1) is 0 Å². The number of aliphatic carboxylic acids is 1. The number of thiol groups is 2. The van der Waals surface area contributed by atoms with Crippen LogP contribution in [-0.2, 0) is 25.6 Å². The van der Waals surface area contributed by atoms with E-state index in [0.717, 1.165) is 0 Å². The van der Waals surface area contributed by atoms with Gasteiger partial charge in [0.05, 0.1) is 6.04 Å². The molecule has 0 saturated heterocycles. The highest BCUT2D eigenvalue weighted by atomic mass is 32.2. The molecule has 7 N–H and O–H groups in total. The van der Waals surface area contributed by atoms with E-state index in [1.165, 1.54) is 23.9 Å². The van der Waals surface area contributed by atoms with Gasteiger partial charge >= 0.3 is 5.97 Å². The number of nitrogens with one attached hydrogen (secondary N) is 3. The molecule has 0 aromatic heterocycles. The Hall–Kier alpha value is -2.09. The van der Waals surface area contributed by atoms with Gasteiger partial charge in [-0.05, 0) is 36.1 Å². The van der Waals surface area contributed by atoms with Gasteiger partial charge in [-0.1, -0.05) is 12.1 Å². The highest BCUT2D eigenvalue weighted by molar-refractivity contribution is 7.98. The summed E-state index contributed by atoms with van der Waals surface area (Å²) in [6.07, 6.45) is 2.13. The van der Waals surface area contributed by atoms with E-state index in [0.29, 0.717) is 17.7 Å². The van der Waals surface area contributed by atoms with Crippen LogP contribution < -0.4 is 21.7 Å². The third kappa shape index (κ3) is 10.2. The predicted octanol–water partition coefficient (Wildman–Crippen LogP) is -0.586. The first-order valence-electron chi connectivity index (χ1n) is 10.0. The van der Waals surface area contributed by atoms with Gasteiger partial charge in [-0.3, -0.25) is 14.4 Å². The van der Waals surface area contributed by atoms with E-state index in [1.54, 1.807) is 12.1 Å². The molecule has 0 aliphatic carbocycles. The summed E-state index contributed by atoms with van der Waals surface area (Å²) in [4.78, 5) is 49.2. The number of carboxylic acid groups (broad SMARTS) is 1. The molecule has 10 nitrogen and oxygen atoms in total. The van der Waals surface area contributed by atoms with Gasteiger partial charge < -0.3 is 31.9 Å². The molecule has 0 bridgehead atoms. The van der Waals surface area contributed by atoms with E-state index < -0.39 is 47.9 Å². The minimum absolute atomic E-state index is 0.0252. The highest BCUT2D eigenvalue weighted by Crippen LogP contribution is 2.12. The lowest BCUT2D eigenvalue weighted by molar-refractivity contribution is -0.142. The number of phenolic OH excluding ortho intramolecular Hbond substituents is 1. The summed E-state index contributed by atoms with van der Waals surface area (Å²) in [5.41, 5.74) is 6.24. The van der Waals surface area contributed by atoms with Crippen molar-refractivity contribution in [2.45, 2.75) is 37.0 Å². The summed E-state index contributed by atoms with van der Waals surface area (Å²) >= 11 is 9.55. The number of benzene rings is 1. The zero-order valence-electron chi connectivity index (χ0n) is 18.1. The van der Waals surface area contributed by atoms with Crippen molar-refractivity contribution in [2.24, 2.45) is 5.73 Å². The normalized spacial score (nSPS) is 14.4. The standard InChI is InChI=1S/C20H30N4O6S3/c1-33-7-6-14(22-17(26)13(21)9-31)18(27)24-16(10-32)19(28)23-15(20(29)30)8-11-2-4-12(25)5-3-11/h2-5,13-16,25,31-32H,6-10,21H2,1H3,(H,22,26)(H,23,28)(H,24,27)(H,29,30). The van der Waals surface area contributed by atoms with Crippen LogP contribution >= 0.6 is 37.0 Å². The Morgan fingerprint density at radius 2 is 1.48 bits per heavy atom. The molecular formula is C20H30N4O6S3. The Morgan fingerprint density at radius 1 is 0.939 bits per heavy atom. The first-order chi connectivity index (χ1) is 15.6. The Balaban J connectivity index is 2.84. The number of hydrogen-bond donors (Lipinski definition) is 8.